The standard InChI is InChI=1S/C7H13N3/c8-4-6-10-7-3-1-2-5-9-7/h1,3H,2,4-6,8H2,(H,9,10). The van der Waals surface area contributed by atoms with E-state index in [-0.39, 0.29) is 0 Å². The molecule has 3 heteroatoms. The molecule has 1 aliphatic rings. The first kappa shape index (κ1) is 7.28. The predicted molar refractivity (Wildman–Crippen MR) is 43.1 cm³/mol. The molecule has 0 atom stereocenters. The van der Waals surface area contributed by atoms with Crippen LogP contribution >= 0.6 is 0 Å². The van der Waals surface area contributed by atoms with Crippen LogP contribution < -0.4 is 11.1 Å². The third kappa shape index (κ3) is 2.19. The van der Waals surface area contributed by atoms with Gasteiger partial charge in [-0.15, -0.1) is 0 Å². The largest absolute Gasteiger partial charge is 0.369 e. The fraction of sp³-hybridized carbons (Fsp3) is 0.571. The SMILES string of the molecule is NCCNC1=NCCC=C1. The zero-order chi connectivity index (χ0) is 7.23. The number of nitrogens with one attached hydrogen (secondary N) is 1. The summed E-state index contributed by atoms with van der Waals surface area (Å²) >= 11 is 0. The number of rotatable bonds is 2. The van der Waals surface area contributed by atoms with Crippen molar-refractivity contribution >= 4 is 5.84 Å². The molecule has 0 aromatic heterocycles. The highest BCUT2D eigenvalue weighted by Gasteiger charge is 1.94. The Morgan fingerprint density at radius 1 is 1.70 bits per heavy atom. The maximum atomic E-state index is 5.30. The lowest BCUT2D eigenvalue weighted by Crippen LogP contribution is -2.28. The van der Waals surface area contributed by atoms with E-state index < -0.39 is 0 Å². The minimum absolute atomic E-state index is 0.660. The van der Waals surface area contributed by atoms with Crippen molar-refractivity contribution in [3.05, 3.63) is 12.2 Å². The van der Waals surface area contributed by atoms with Crippen LogP contribution in [0.4, 0.5) is 0 Å². The molecule has 0 aliphatic carbocycles. The van der Waals surface area contributed by atoms with Crippen LogP contribution in [-0.4, -0.2) is 25.5 Å². The van der Waals surface area contributed by atoms with Gasteiger partial charge < -0.3 is 11.1 Å². The van der Waals surface area contributed by atoms with Gasteiger partial charge in [0.2, 0.25) is 0 Å². The van der Waals surface area contributed by atoms with Crippen molar-refractivity contribution in [2.75, 3.05) is 19.6 Å². The van der Waals surface area contributed by atoms with Crippen LogP contribution in [0.2, 0.25) is 0 Å². The zero-order valence-electron chi connectivity index (χ0n) is 6.01. The average Bonchev–Trinajstić information content (AvgIpc) is 2.03. The Morgan fingerprint density at radius 2 is 2.60 bits per heavy atom. The van der Waals surface area contributed by atoms with Crippen molar-refractivity contribution in [3.63, 3.8) is 0 Å². The summed E-state index contributed by atoms with van der Waals surface area (Å²) in [7, 11) is 0. The quantitative estimate of drug-likeness (QED) is 0.561. The monoisotopic (exact) mass is 139 g/mol. The van der Waals surface area contributed by atoms with Crippen LogP contribution in [0.25, 0.3) is 0 Å². The van der Waals surface area contributed by atoms with Crippen molar-refractivity contribution in [2.45, 2.75) is 6.42 Å². The number of hydrogen-bond donors (Lipinski definition) is 2. The normalized spacial score (nSPS) is 16.7. The van der Waals surface area contributed by atoms with Gasteiger partial charge >= 0.3 is 0 Å². The average molecular weight is 139 g/mol. The molecule has 0 aromatic rings. The van der Waals surface area contributed by atoms with E-state index in [4.69, 9.17) is 5.73 Å². The highest BCUT2D eigenvalue weighted by Crippen LogP contribution is 1.92. The van der Waals surface area contributed by atoms with Crippen LogP contribution in [-0.2, 0) is 0 Å². The van der Waals surface area contributed by atoms with Gasteiger partial charge in [0.1, 0.15) is 5.84 Å². The fourth-order valence-corrected chi connectivity index (χ4v) is 0.822. The molecule has 3 nitrogen and oxygen atoms in total. The molecular formula is C7H13N3. The Bertz CT molecular complexity index is 149. The van der Waals surface area contributed by atoms with E-state index in [2.05, 4.69) is 16.4 Å². The first-order valence-corrected chi connectivity index (χ1v) is 3.58. The summed E-state index contributed by atoms with van der Waals surface area (Å²) < 4.78 is 0. The van der Waals surface area contributed by atoms with E-state index in [0.717, 1.165) is 25.3 Å². The first-order chi connectivity index (χ1) is 4.93. The molecule has 0 radical (unpaired) electrons. The maximum absolute atomic E-state index is 5.30. The van der Waals surface area contributed by atoms with Crippen LogP contribution in [0.5, 0.6) is 0 Å². The Labute approximate surface area is 61.0 Å². The van der Waals surface area contributed by atoms with Crippen molar-refractivity contribution in [2.24, 2.45) is 10.7 Å². The second-order valence-electron chi connectivity index (χ2n) is 2.17. The van der Waals surface area contributed by atoms with Crippen molar-refractivity contribution < 1.29 is 0 Å². The smallest absolute Gasteiger partial charge is 0.120 e. The van der Waals surface area contributed by atoms with Gasteiger partial charge in [-0.1, -0.05) is 6.08 Å². The van der Waals surface area contributed by atoms with E-state index in [9.17, 15) is 0 Å². The van der Waals surface area contributed by atoms with Crippen molar-refractivity contribution in [3.8, 4) is 0 Å². The van der Waals surface area contributed by atoms with Crippen LogP contribution in [0.1, 0.15) is 6.42 Å². The lowest BCUT2D eigenvalue weighted by Gasteiger charge is -2.06. The number of amidine groups is 1. The highest BCUT2D eigenvalue weighted by molar-refractivity contribution is 5.93. The Hall–Kier alpha value is -0.830. The van der Waals surface area contributed by atoms with E-state index in [0.29, 0.717) is 6.54 Å². The lowest BCUT2D eigenvalue weighted by atomic mass is 10.3. The number of aliphatic imine (C=N–C) groups is 1. The summed E-state index contributed by atoms with van der Waals surface area (Å²) in [4.78, 5) is 4.23. The predicted octanol–water partition coefficient (Wildman–Crippen LogP) is -0.107. The molecule has 0 amide bonds. The molecule has 3 N–H and O–H groups in total. The lowest BCUT2D eigenvalue weighted by molar-refractivity contribution is 0.859. The Morgan fingerprint density at radius 3 is 3.20 bits per heavy atom. The molecule has 1 aliphatic heterocycles. The third-order valence-corrected chi connectivity index (χ3v) is 1.30. The molecule has 0 fully saturated rings. The van der Waals surface area contributed by atoms with Gasteiger partial charge in [-0.25, -0.2) is 0 Å². The van der Waals surface area contributed by atoms with Gasteiger partial charge in [-0.05, 0) is 12.5 Å². The fourth-order valence-electron chi connectivity index (χ4n) is 0.822. The summed E-state index contributed by atoms with van der Waals surface area (Å²) in [6, 6.07) is 0. The number of dihydropyridines is 1. The van der Waals surface area contributed by atoms with Gasteiger partial charge in [-0.2, -0.15) is 0 Å². The highest BCUT2D eigenvalue weighted by atomic mass is 15.0. The third-order valence-electron chi connectivity index (χ3n) is 1.30. The molecular weight excluding hydrogens is 126 g/mol. The van der Waals surface area contributed by atoms with E-state index in [1.165, 1.54) is 0 Å². The second kappa shape index (κ2) is 4.06. The topological polar surface area (TPSA) is 50.4 Å². The summed E-state index contributed by atoms with van der Waals surface area (Å²) in [6.07, 6.45) is 5.18. The number of nitrogens with zero attached hydrogens (tertiary/aromatic N) is 1. The molecule has 0 aromatic carbocycles. The molecule has 0 saturated carbocycles. The summed E-state index contributed by atoms with van der Waals surface area (Å²) in [5.74, 6) is 0.969. The van der Waals surface area contributed by atoms with Gasteiger partial charge in [0, 0.05) is 19.6 Å². The van der Waals surface area contributed by atoms with Crippen LogP contribution in [0.15, 0.2) is 17.1 Å². The van der Waals surface area contributed by atoms with E-state index >= 15 is 0 Å². The zero-order valence-corrected chi connectivity index (χ0v) is 6.01. The van der Waals surface area contributed by atoms with E-state index in [1.54, 1.807) is 0 Å². The van der Waals surface area contributed by atoms with Crippen molar-refractivity contribution in [1.29, 1.82) is 0 Å². The van der Waals surface area contributed by atoms with E-state index in [1.807, 2.05) is 6.08 Å². The Balaban J connectivity index is 2.26. The van der Waals surface area contributed by atoms with Crippen LogP contribution in [0, 0.1) is 0 Å². The van der Waals surface area contributed by atoms with Gasteiger partial charge in [0.15, 0.2) is 0 Å². The first-order valence-electron chi connectivity index (χ1n) is 3.58. The van der Waals surface area contributed by atoms with Crippen molar-refractivity contribution in [1.82, 2.24) is 5.32 Å². The molecule has 0 bridgehead atoms. The molecule has 1 heterocycles. The molecule has 1 rings (SSSR count). The molecule has 10 heavy (non-hydrogen) atoms. The van der Waals surface area contributed by atoms with Crippen LogP contribution in [0.3, 0.4) is 0 Å². The summed E-state index contributed by atoms with van der Waals surface area (Å²) in [5.41, 5.74) is 5.30. The Kier molecular flexibility index (Phi) is 2.96. The van der Waals surface area contributed by atoms with Gasteiger partial charge in [-0.3, -0.25) is 4.99 Å². The molecule has 56 valence electrons. The summed E-state index contributed by atoms with van der Waals surface area (Å²) in [5, 5.41) is 3.11. The minimum Gasteiger partial charge on any atom is -0.369 e. The minimum atomic E-state index is 0.660. The molecule has 0 unspecified atom stereocenters. The van der Waals surface area contributed by atoms with Gasteiger partial charge in [0.25, 0.3) is 0 Å². The summed E-state index contributed by atoms with van der Waals surface area (Å²) in [6.45, 7) is 2.37. The second-order valence-corrected chi connectivity index (χ2v) is 2.17. The molecule has 0 spiro atoms. The maximum Gasteiger partial charge on any atom is 0.120 e. The van der Waals surface area contributed by atoms with Gasteiger partial charge in [0.05, 0.1) is 0 Å². The number of nitrogens with two attached hydrogens (primary N) is 1. The number of hydrogen-bond acceptors (Lipinski definition) is 3. The molecule has 0 saturated heterocycles.